The van der Waals surface area contributed by atoms with Crippen LogP contribution in [0.25, 0.3) is 0 Å². The van der Waals surface area contributed by atoms with Crippen LogP contribution in [0.15, 0.2) is 34.7 Å². The normalized spacial score (nSPS) is 21.8. The van der Waals surface area contributed by atoms with Gasteiger partial charge >= 0.3 is 0 Å². The lowest BCUT2D eigenvalue weighted by Gasteiger charge is -2.33. The zero-order chi connectivity index (χ0) is 20.4. The number of likely N-dealkylation sites (tertiary alicyclic amines) is 1. The number of nitrogens with one attached hydrogen (secondary N) is 1. The lowest BCUT2D eigenvalue weighted by atomic mass is 9.90. The molecule has 0 bridgehead atoms. The summed E-state index contributed by atoms with van der Waals surface area (Å²) in [6.07, 6.45) is 4.45. The molecule has 1 aliphatic heterocycles. The number of carbonyl (C=O) groups excluding carboxylic acids is 1. The Morgan fingerprint density at radius 3 is 2.76 bits per heavy atom. The van der Waals surface area contributed by atoms with Gasteiger partial charge in [0.1, 0.15) is 11.5 Å². The van der Waals surface area contributed by atoms with Crippen LogP contribution in [0, 0.1) is 25.2 Å². The van der Waals surface area contributed by atoms with Crippen molar-refractivity contribution in [3.05, 3.63) is 53.2 Å². The molecule has 1 aliphatic carbocycles. The van der Waals surface area contributed by atoms with E-state index in [-0.39, 0.29) is 17.2 Å². The smallest absolute Gasteiger partial charge is 0.224 e. The highest BCUT2D eigenvalue weighted by Gasteiger charge is 2.58. The van der Waals surface area contributed by atoms with Gasteiger partial charge in [0.25, 0.3) is 0 Å². The van der Waals surface area contributed by atoms with Crippen LogP contribution in [0.3, 0.4) is 0 Å². The number of carbonyl (C=O) groups is 1. The van der Waals surface area contributed by atoms with Crippen molar-refractivity contribution in [2.75, 3.05) is 19.6 Å². The Kier molecular flexibility index (Phi) is 5.77. The van der Waals surface area contributed by atoms with Crippen molar-refractivity contribution >= 4 is 5.91 Å². The fraction of sp³-hybridized carbons (Fsp3) is 0.583. The second-order valence-electron chi connectivity index (χ2n) is 9.09. The molecule has 3 heterocycles. The number of rotatable bonds is 7. The highest BCUT2D eigenvalue weighted by atomic mass is 16.3. The molecule has 0 radical (unpaired) electrons. The number of amides is 1. The molecule has 2 aliphatic rings. The number of hydrogen-bond acceptors (Lipinski definition) is 4. The third-order valence-electron chi connectivity index (χ3n) is 6.87. The fourth-order valence-corrected chi connectivity index (χ4v) is 4.73. The summed E-state index contributed by atoms with van der Waals surface area (Å²) in [4.78, 5) is 19.7. The molecular formula is C24H33N3O2. The van der Waals surface area contributed by atoms with Crippen LogP contribution < -0.4 is 5.32 Å². The molecule has 5 heteroatoms. The summed E-state index contributed by atoms with van der Waals surface area (Å²) >= 11 is 0. The van der Waals surface area contributed by atoms with E-state index in [0.29, 0.717) is 12.5 Å². The van der Waals surface area contributed by atoms with E-state index in [9.17, 15) is 4.79 Å². The summed E-state index contributed by atoms with van der Waals surface area (Å²) in [6, 6.07) is 10.1. The van der Waals surface area contributed by atoms with Gasteiger partial charge in [-0.3, -0.25) is 9.78 Å². The Bertz CT molecular complexity index is 851. The topological polar surface area (TPSA) is 58.4 Å². The number of hydrogen-bond donors (Lipinski definition) is 1. The standard InChI is InChI=1S/C24H33N3O2/c1-17(22-8-7-19(3)29-22)9-12-27-13-10-24(11-14-27)15-21(24)23(28)25-16-20-6-4-5-18(2)26-20/h4-8,17,21H,9-16H2,1-3H3,(H,25,28). The number of aryl methyl sites for hydroxylation is 2. The Balaban J connectivity index is 1.19. The second-order valence-corrected chi connectivity index (χ2v) is 9.09. The summed E-state index contributed by atoms with van der Waals surface area (Å²) in [7, 11) is 0. The number of aromatic nitrogens is 1. The van der Waals surface area contributed by atoms with Crippen LogP contribution in [0.2, 0.25) is 0 Å². The molecular weight excluding hydrogens is 362 g/mol. The first-order valence-corrected chi connectivity index (χ1v) is 10.9. The van der Waals surface area contributed by atoms with Gasteiger partial charge in [-0.15, -0.1) is 0 Å². The predicted octanol–water partition coefficient (Wildman–Crippen LogP) is 4.20. The summed E-state index contributed by atoms with van der Waals surface area (Å²) in [5.74, 6) is 2.94. The van der Waals surface area contributed by atoms with Crippen molar-refractivity contribution in [1.82, 2.24) is 15.2 Å². The van der Waals surface area contributed by atoms with Gasteiger partial charge in [0.2, 0.25) is 5.91 Å². The Labute approximate surface area is 173 Å². The Hall–Kier alpha value is -2.14. The zero-order valence-electron chi connectivity index (χ0n) is 17.9. The van der Waals surface area contributed by atoms with Crippen LogP contribution in [0.1, 0.15) is 61.4 Å². The van der Waals surface area contributed by atoms with Crippen molar-refractivity contribution in [2.45, 2.75) is 58.9 Å². The average molecular weight is 396 g/mol. The van der Waals surface area contributed by atoms with Gasteiger partial charge in [-0.2, -0.15) is 0 Å². The molecule has 156 valence electrons. The molecule has 1 N–H and O–H groups in total. The van der Waals surface area contributed by atoms with E-state index < -0.39 is 0 Å². The second kappa shape index (κ2) is 8.31. The third kappa shape index (κ3) is 4.72. The molecule has 2 atom stereocenters. The molecule has 2 aromatic heterocycles. The number of pyridine rings is 1. The first kappa shape index (κ1) is 20.1. The van der Waals surface area contributed by atoms with E-state index in [1.165, 1.54) is 0 Å². The number of furan rings is 1. The summed E-state index contributed by atoms with van der Waals surface area (Å²) < 4.78 is 5.76. The summed E-state index contributed by atoms with van der Waals surface area (Å²) in [5, 5.41) is 3.11. The van der Waals surface area contributed by atoms with Crippen LogP contribution >= 0.6 is 0 Å². The SMILES string of the molecule is Cc1cccc(CNC(=O)C2CC23CCN(CCC(C)c2ccc(C)o2)CC3)n1. The lowest BCUT2D eigenvalue weighted by Crippen LogP contribution is -2.37. The van der Waals surface area contributed by atoms with E-state index in [1.54, 1.807) is 0 Å². The molecule has 29 heavy (non-hydrogen) atoms. The molecule has 1 spiro atoms. The van der Waals surface area contributed by atoms with Crippen LogP contribution in [0.4, 0.5) is 0 Å². The minimum absolute atomic E-state index is 0.194. The molecule has 5 nitrogen and oxygen atoms in total. The molecule has 2 unspecified atom stereocenters. The number of piperidine rings is 1. The lowest BCUT2D eigenvalue weighted by molar-refractivity contribution is -0.123. The van der Waals surface area contributed by atoms with E-state index in [4.69, 9.17) is 4.42 Å². The summed E-state index contributed by atoms with van der Waals surface area (Å²) in [6.45, 7) is 10.1. The monoisotopic (exact) mass is 395 g/mol. The predicted molar refractivity (Wildman–Crippen MR) is 114 cm³/mol. The van der Waals surface area contributed by atoms with Crippen molar-refractivity contribution in [3.8, 4) is 0 Å². The van der Waals surface area contributed by atoms with Crippen LogP contribution in [-0.2, 0) is 11.3 Å². The minimum Gasteiger partial charge on any atom is -0.466 e. The maximum Gasteiger partial charge on any atom is 0.224 e. The first-order valence-electron chi connectivity index (χ1n) is 10.9. The quantitative estimate of drug-likeness (QED) is 0.763. The maximum absolute atomic E-state index is 12.6. The van der Waals surface area contributed by atoms with E-state index in [1.807, 2.05) is 38.1 Å². The highest BCUT2D eigenvalue weighted by Crippen LogP contribution is 2.59. The molecule has 0 aromatic carbocycles. The molecule has 2 fully saturated rings. The van der Waals surface area contributed by atoms with Crippen molar-refractivity contribution in [3.63, 3.8) is 0 Å². The fourth-order valence-electron chi connectivity index (χ4n) is 4.73. The van der Waals surface area contributed by atoms with Crippen molar-refractivity contribution < 1.29 is 9.21 Å². The molecule has 1 saturated heterocycles. The van der Waals surface area contributed by atoms with Gasteiger partial charge in [-0.1, -0.05) is 13.0 Å². The largest absolute Gasteiger partial charge is 0.466 e. The van der Waals surface area contributed by atoms with Gasteiger partial charge in [0.05, 0.1) is 12.2 Å². The highest BCUT2D eigenvalue weighted by molar-refractivity contribution is 5.82. The van der Waals surface area contributed by atoms with Crippen molar-refractivity contribution in [1.29, 1.82) is 0 Å². The maximum atomic E-state index is 12.6. The minimum atomic E-state index is 0.194. The van der Waals surface area contributed by atoms with Crippen LogP contribution in [-0.4, -0.2) is 35.4 Å². The molecule has 1 saturated carbocycles. The van der Waals surface area contributed by atoms with E-state index in [0.717, 1.165) is 68.2 Å². The van der Waals surface area contributed by atoms with E-state index in [2.05, 4.69) is 28.2 Å². The van der Waals surface area contributed by atoms with E-state index >= 15 is 0 Å². The molecule has 4 rings (SSSR count). The average Bonchev–Trinajstić information content (AvgIpc) is 3.23. The third-order valence-corrected chi connectivity index (χ3v) is 6.87. The van der Waals surface area contributed by atoms with Gasteiger partial charge in [-0.25, -0.2) is 0 Å². The van der Waals surface area contributed by atoms with Gasteiger partial charge in [0.15, 0.2) is 0 Å². The molecule has 2 aromatic rings. The molecule has 1 amide bonds. The van der Waals surface area contributed by atoms with Crippen molar-refractivity contribution in [2.24, 2.45) is 11.3 Å². The Morgan fingerprint density at radius 1 is 1.28 bits per heavy atom. The zero-order valence-corrected chi connectivity index (χ0v) is 17.9. The Morgan fingerprint density at radius 2 is 2.07 bits per heavy atom. The summed E-state index contributed by atoms with van der Waals surface area (Å²) in [5.41, 5.74) is 2.18. The first-order chi connectivity index (χ1) is 13.9. The van der Waals surface area contributed by atoms with Gasteiger partial charge < -0.3 is 14.6 Å². The van der Waals surface area contributed by atoms with Crippen LogP contribution in [0.5, 0.6) is 0 Å². The number of nitrogens with zero attached hydrogens (tertiary/aromatic N) is 2. The van der Waals surface area contributed by atoms with Gasteiger partial charge in [-0.05, 0) is 88.8 Å². The van der Waals surface area contributed by atoms with Gasteiger partial charge in [0, 0.05) is 17.5 Å².